The van der Waals surface area contributed by atoms with Gasteiger partial charge in [-0.15, -0.1) is 0 Å². The molecular formula is C32H61NO12. The van der Waals surface area contributed by atoms with E-state index in [-0.39, 0.29) is 31.5 Å². The first kappa shape index (κ1) is 40.2. The van der Waals surface area contributed by atoms with E-state index >= 15 is 0 Å². The number of hydrogen-bond acceptors (Lipinski definition) is 12. The highest BCUT2D eigenvalue weighted by Gasteiger charge is 2.47. The van der Waals surface area contributed by atoms with Crippen LogP contribution in [-0.2, 0) is 23.7 Å². The highest BCUT2D eigenvalue weighted by atomic mass is 16.7. The van der Waals surface area contributed by atoms with E-state index in [1.54, 1.807) is 0 Å². The average molecular weight is 652 g/mol. The Kier molecular flexibility index (Phi) is 19.5. The third-order valence-electron chi connectivity index (χ3n) is 9.02. The number of ether oxygens (including phenoxy) is 4. The summed E-state index contributed by atoms with van der Waals surface area (Å²) in [5.74, 6) is -0.306. The Morgan fingerprint density at radius 3 is 1.44 bits per heavy atom. The van der Waals surface area contributed by atoms with Crippen molar-refractivity contribution in [3.63, 3.8) is 0 Å². The van der Waals surface area contributed by atoms with Crippen molar-refractivity contribution in [1.82, 2.24) is 4.90 Å². The van der Waals surface area contributed by atoms with Crippen molar-refractivity contribution in [2.75, 3.05) is 27.3 Å². The highest BCUT2D eigenvalue weighted by Crippen LogP contribution is 2.26. The second kappa shape index (κ2) is 21.8. The molecule has 45 heavy (non-hydrogen) atoms. The quantitative estimate of drug-likeness (QED) is 0.0820. The van der Waals surface area contributed by atoms with Crippen LogP contribution in [0.15, 0.2) is 0 Å². The predicted molar refractivity (Wildman–Crippen MR) is 165 cm³/mol. The fourth-order valence-corrected chi connectivity index (χ4v) is 6.06. The Hall–Kier alpha value is -0.970. The summed E-state index contributed by atoms with van der Waals surface area (Å²) in [7, 11) is 2.56. The first-order valence-electron chi connectivity index (χ1n) is 17.0. The van der Waals surface area contributed by atoms with E-state index in [0.29, 0.717) is 6.42 Å². The molecule has 1 amide bonds. The van der Waals surface area contributed by atoms with Crippen LogP contribution in [0.3, 0.4) is 0 Å². The van der Waals surface area contributed by atoms with E-state index in [9.17, 15) is 40.5 Å². The molecule has 11 atom stereocenters. The van der Waals surface area contributed by atoms with Crippen molar-refractivity contribution >= 4 is 5.91 Å². The van der Waals surface area contributed by atoms with Gasteiger partial charge in [0.2, 0.25) is 5.91 Å². The van der Waals surface area contributed by atoms with Crippen LogP contribution in [0.4, 0.5) is 0 Å². The first-order chi connectivity index (χ1) is 21.5. The third-order valence-corrected chi connectivity index (χ3v) is 9.02. The summed E-state index contributed by atoms with van der Waals surface area (Å²) in [5, 5.41) is 72.1. The van der Waals surface area contributed by atoms with Crippen LogP contribution < -0.4 is 0 Å². The maximum absolute atomic E-state index is 13.4. The van der Waals surface area contributed by atoms with Crippen molar-refractivity contribution in [3.8, 4) is 0 Å². The van der Waals surface area contributed by atoms with E-state index in [4.69, 9.17) is 18.9 Å². The molecule has 2 saturated heterocycles. The molecule has 0 saturated carbocycles. The van der Waals surface area contributed by atoms with E-state index < -0.39 is 61.4 Å². The Morgan fingerprint density at radius 1 is 0.622 bits per heavy atom. The number of methoxy groups -OCH3 is 2. The van der Waals surface area contributed by atoms with E-state index in [0.717, 1.165) is 64.2 Å². The topological polar surface area (TPSA) is 199 Å². The molecular weight excluding hydrogens is 590 g/mol. The third kappa shape index (κ3) is 13.2. The predicted octanol–water partition coefficient (Wildman–Crippen LogP) is 0.955. The van der Waals surface area contributed by atoms with Gasteiger partial charge >= 0.3 is 0 Å². The van der Waals surface area contributed by atoms with E-state index in [2.05, 4.69) is 6.92 Å². The second-order valence-corrected chi connectivity index (χ2v) is 12.7. The van der Waals surface area contributed by atoms with Crippen LogP contribution in [0, 0.1) is 0 Å². The van der Waals surface area contributed by atoms with Gasteiger partial charge in [0.05, 0.1) is 6.10 Å². The van der Waals surface area contributed by atoms with Crippen LogP contribution in [0.2, 0.25) is 0 Å². The lowest BCUT2D eigenvalue weighted by atomic mass is 9.96. The van der Waals surface area contributed by atoms with E-state index in [1.165, 1.54) is 38.4 Å². The average Bonchev–Trinajstić information content (AvgIpc) is 3.03. The largest absolute Gasteiger partial charge is 0.393 e. The number of hydrogen-bond donors (Lipinski definition) is 7. The number of aliphatic hydroxyl groups excluding tert-OH is 7. The Balaban J connectivity index is 1.82. The summed E-state index contributed by atoms with van der Waals surface area (Å²) in [6, 6.07) is 0. The first-order valence-corrected chi connectivity index (χ1v) is 17.0. The molecule has 0 radical (unpaired) electrons. The number of rotatable bonds is 22. The highest BCUT2D eigenvalue weighted by molar-refractivity contribution is 5.76. The Bertz CT molecular complexity index is 751. The van der Waals surface area contributed by atoms with Gasteiger partial charge in [0.25, 0.3) is 0 Å². The molecule has 7 N–H and O–H groups in total. The molecule has 0 aromatic carbocycles. The monoisotopic (exact) mass is 651 g/mol. The van der Waals surface area contributed by atoms with Crippen LogP contribution in [0.25, 0.3) is 0 Å². The van der Waals surface area contributed by atoms with Gasteiger partial charge in [-0.1, -0.05) is 77.6 Å². The maximum atomic E-state index is 13.4. The van der Waals surface area contributed by atoms with Crippen LogP contribution in [-0.4, -0.2) is 141 Å². The number of carbonyl (C=O) groups is 1. The van der Waals surface area contributed by atoms with Crippen molar-refractivity contribution < 1.29 is 59.5 Å². The van der Waals surface area contributed by atoms with Crippen molar-refractivity contribution in [2.45, 2.75) is 171 Å². The minimum atomic E-state index is -1.57. The minimum Gasteiger partial charge on any atom is -0.393 e. The summed E-state index contributed by atoms with van der Waals surface area (Å²) in [6.45, 7) is 1.77. The van der Waals surface area contributed by atoms with Crippen LogP contribution in [0.1, 0.15) is 103 Å². The fraction of sp³-hybridized carbons (Fsp3) is 0.969. The number of nitrogens with zero attached hydrogens (tertiary/aromatic N) is 1. The lowest BCUT2D eigenvalue weighted by Crippen LogP contribution is -2.63. The second-order valence-electron chi connectivity index (χ2n) is 12.7. The molecule has 0 bridgehead atoms. The molecule has 13 nitrogen and oxygen atoms in total. The van der Waals surface area contributed by atoms with Gasteiger partial charge in [-0.2, -0.15) is 0 Å². The van der Waals surface area contributed by atoms with Gasteiger partial charge in [0, 0.05) is 33.7 Å². The lowest BCUT2D eigenvalue weighted by molar-refractivity contribution is -0.298. The zero-order chi connectivity index (χ0) is 33.4. The normalized spacial score (nSPS) is 32.8. The molecule has 2 aliphatic rings. The summed E-state index contributed by atoms with van der Waals surface area (Å²) in [5.41, 5.74) is 0. The Labute approximate surface area is 268 Å². The van der Waals surface area contributed by atoms with Gasteiger partial charge < -0.3 is 59.6 Å². The van der Waals surface area contributed by atoms with Crippen molar-refractivity contribution in [1.29, 1.82) is 0 Å². The maximum Gasteiger partial charge on any atom is 0.222 e. The molecule has 0 aromatic heterocycles. The minimum absolute atomic E-state index is 0.180. The van der Waals surface area contributed by atoms with Gasteiger partial charge in [0.1, 0.15) is 48.8 Å². The summed E-state index contributed by atoms with van der Waals surface area (Å²) in [4.78, 5) is 14.7. The SMILES string of the molecule is CCCCCC[C@@H](O)CCCCCCCCCCC(=O)N(C[C@H]1O[C@H](OC)[C@H](O)[C@@H](O)[C@@H]1O)C[C@H]1O[C@H](OC)[C@H](O)[C@@H](O)[C@@H]1O. The number of amides is 1. The number of carbonyl (C=O) groups excluding carboxylic acids is 1. The molecule has 0 aliphatic carbocycles. The van der Waals surface area contributed by atoms with E-state index in [1.807, 2.05) is 0 Å². The summed E-state index contributed by atoms with van der Waals surface area (Å²) in [6.07, 6.45) is 0.512. The zero-order valence-corrected chi connectivity index (χ0v) is 27.5. The number of aliphatic hydroxyl groups is 7. The van der Waals surface area contributed by atoms with Gasteiger partial charge in [-0.05, 0) is 19.3 Å². The van der Waals surface area contributed by atoms with Crippen molar-refractivity contribution in [3.05, 3.63) is 0 Å². The molecule has 2 heterocycles. The molecule has 13 heteroatoms. The standard InChI is InChI=1S/C32H61NO12/c1-4-5-6-13-16-21(34)17-14-11-9-7-8-10-12-15-18-24(35)33(19-22-25(36)27(38)29(40)31(42-2)44-22)20-23-26(37)28(39)30(41)32(43-3)45-23/h21-23,25-32,34,36-41H,4-20H2,1-3H3/t21-,22-,23-,25-,26-,27+,28+,29-,30-,31+,32+/m1/s1. The molecule has 0 spiro atoms. The summed E-state index contributed by atoms with van der Waals surface area (Å²) < 4.78 is 21.4. The molecule has 0 aromatic rings. The molecule has 2 aliphatic heterocycles. The molecule has 2 rings (SSSR count). The van der Waals surface area contributed by atoms with Gasteiger partial charge in [0.15, 0.2) is 12.6 Å². The van der Waals surface area contributed by atoms with Gasteiger partial charge in [-0.25, -0.2) is 0 Å². The van der Waals surface area contributed by atoms with Gasteiger partial charge in [-0.3, -0.25) is 4.79 Å². The van der Waals surface area contributed by atoms with Crippen LogP contribution >= 0.6 is 0 Å². The fourth-order valence-electron chi connectivity index (χ4n) is 6.06. The lowest BCUT2D eigenvalue weighted by Gasteiger charge is -2.44. The smallest absolute Gasteiger partial charge is 0.222 e. The Morgan fingerprint density at radius 2 is 1.02 bits per heavy atom. The van der Waals surface area contributed by atoms with Crippen molar-refractivity contribution in [2.24, 2.45) is 0 Å². The molecule has 0 unspecified atom stereocenters. The summed E-state index contributed by atoms with van der Waals surface area (Å²) >= 11 is 0. The van der Waals surface area contributed by atoms with Crippen LogP contribution in [0.5, 0.6) is 0 Å². The zero-order valence-electron chi connectivity index (χ0n) is 27.5. The number of unbranched alkanes of at least 4 members (excludes halogenated alkanes) is 10. The molecule has 2 fully saturated rings. The molecule has 266 valence electrons.